The van der Waals surface area contributed by atoms with Gasteiger partial charge in [0, 0.05) is 18.2 Å². The van der Waals surface area contributed by atoms with Gasteiger partial charge in [-0.05, 0) is 43.2 Å². The van der Waals surface area contributed by atoms with Crippen molar-refractivity contribution in [1.29, 1.82) is 0 Å². The van der Waals surface area contributed by atoms with Crippen LogP contribution in [0.15, 0.2) is 6.07 Å². The van der Waals surface area contributed by atoms with Gasteiger partial charge >= 0.3 is 5.97 Å². The van der Waals surface area contributed by atoms with Crippen molar-refractivity contribution < 1.29 is 14.6 Å². The van der Waals surface area contributed by atoms with E-state index in [2.05, 4.69) is 11.4 Å². The first kappa shape index (κ1) is 14.7. The molecule has 5 heteroatoms. The molecule has 1 heterocycles. The summed E-state index contributed by atoms with van der Waals surface area (Å²) >= 11 is 6.54. The summed E-state index contributed by atoms with van der Waals surface area (Å²) in [5.74, 6) is -0.372. The van der Waals surface area contributed by atoms with Gasteiger partial charge in [0.15, 0.2) is 0 Å². The van der Waals surface area contributed by atoms with Gasteiger partial charge in [0.05, 0.1) is 18.1 Å². The zero-order valence-corrected chi connectivity index (χ0v) is 12.9. The van der Waals surface area contributed by atoms with Crippen molar-refractivity contribution in [3.63, 3.8) is 0 Å². The number of aliphatic carboxylic acids is 1. The highest BCUT2D eigenvalue weighted by Gasteiger charge is 2.33. The number of fused-ring (bicyclic) bond motifs is 1. The molecule has 0 aromatic heterocycles. The molecule has 114 valence electrons. The van der Waals surface area contributed by atoms with Crippen molar-refractivity contribution in [2.75, 3.05) is 13.7 Å². The minimum atomic E-state index is -0.743. The molecule has 2 unspecified atom stereocenters. The summed E-state index contributed by atoms with van der Waals surface area (Å²) in [5, 5.41) is 13.2. The van der Waals surface area contributed by atoms with E-state index in [0.717, 1.165) is 24.8 Å². The van der Waals surface area contributed by atoms with Crippen LogP contribution in [-0.2, 0) is 17.6 Å². The highest BCUT2D eigenvalue weighted by molar-refractivity contribution is 6.33. The number of carboxylic acids is 1. The minimum absolute atomic E-state index is 0.00535. The van der Waals surface area contributed by atoms with E-state index < -0.39 is 5.97 Å². The predicted octanol–water partition coefficient (Wildman–Crippen LogP) is 2.96. The number of ether oxygens (including phenoxy) is 1. The van der Waals surface area contributed by atoms with Gasteiger partial charge in [-0.15, -0.1) is 0 Å². The topological polar surface area (TPSA) is 58.6 Å². The molecule has 1 aromatic rings. The Morgan fingerprint density at radius 1 is 1.43 bits per heavy atom. The summed E-state index contributed by atoms with van der Waals surface area (Å²) in [5.41, 5.74) is 3.51. The first-order valence-corrected chi connectivity index (χ1v) is 7.84. The molecule has 1 aliphatic carbocycles. The molecule has 2 aliphatic rings. The van der Waals surface area contributed by atoms with Gasteiger partial charge in [0.1, 0.15) is 5.75 Å². The number of carbonyl (C=O) groups is 1. The average molecular weight is 310 g/mol. The average Bonchev–Trinajstić information content (AvgIpc) is 2.97. The largest absolute Gasteiger partial charge is 0.495 e. The van der Waals surface area contributed by atoms with Crippen molar-refractivity contribution in [3.05, 3.63) is 27.8 Å². The second-order valence-electron chi connectivity index (χ2n) is 5.89. The highest BCUT2D eigenvalue weighted by atomic mass is 35.5. The fourth-order valence-corrected chi connectivity index (χ4v) is 3.88. The summed E-state index contributed by atoms with van der Waals surface area (Å²) in [7, 11) is 1.63. The third-order valence-corrected chi connectivity index (χ3v) is 5.03. The fourth-order valence-electron chi connectivity index (χ4n) is 3.48. The predicted molar refractivity (Wildman–Crippen MR) is 81.1 cm³/mol. The zero-order valence-electron chi connectivity index (χ0n) is 12.1. The van der Waals surface area contributed by atoms with Gasteiger partial charge in [0.2, 0.25) is 0 Å². The molecule has 1 aliphatic heterocycles. The van der Waals surface area contributed by atoms with Crippen LogP contribution in [0.4, 0.5) is 0 Å². The molecule has 4 nitrogen and oxygen atoms in total. The number of aryl methyl sites for hydroxylation is 1. The van der Waals surface area contributed by atoms with Gasteiger partial charge in [-0.2, -0.15) is 0 Å². The monoisotopic (exact) mass is 309 g/mol. The summed E-state index contributed by atoms with van der Waals surface area (Å²) in [6, 6.07) is 2.17. The zero-order chi connectivity index (χ0) is 15.0. The van der Waals surface area contributed by atoms with E-state index in [1.165, 1.54) is 17.5 Å². The standard InChI is InChI=1S/C16H20ClNO3/c1-21-15-12(13-7-10(8-18-13)16(19)20)6-9-4-2-3-5-11(9)14(15)17/h6,10,13,18H,2-5,7-8H2,1H3,(H,19,20). The SMILES string of the molecule is COc1c(C2CC(C(=O)O)CN2)cc2c(c1Cl)CCCC2. The van der Waals surface area contributed by atoms with Crippen molar-refractivity contribution in [2.24, 2.45) is 5.92 Å². The molecule has 0 amide bonds. The molecule has 1 saturated heterocycles. The second kappa shape index (κ2) is 5.85. The number of hydrogen-bond acceptors (Lipinski definition) is 3. The minimum Gasteiger partial charge on any atom is -0.495 e. The third kappa shape index (κ3) is 2.62. The molecular formula is C16H20ClNO3. The van der Waals surface area contributed by atoms with Gasteiger partial charge in [-0.3, -0.25) is 4.79 Å². The molecule has 1 aromatic carbocycles. The van der Waals surface area contributed by atoms with Crippen LogP contribution >= 0.6 is 11.6 Å². The van der Waals surface area contributed by atoms with Crippen LogP contribution in [0.5, 0.6) is 5.75 Å². The number of carboxylic acid groups (broad SMARTS) is 1. The fraction of sp³-hybridized carbons (Fsp3) is 0.562. The van der Waals surface area contributed by atoms with E-state index >= 15 is 0 Å². The molecular weight excluding hydrogens is 290 g/mol. The van der Waals surface area contributed by atoms with Crippen LogP contribution in [0.2, 0.25) is 5.02 Å². The Morgan fingerprint density at radius 2 is 2.19 bits per heavy atom. The van der Waals surface area contributed by atoms with E-state index in [-0.39, 0.29) is 12.0 Å². The van der Waals surface area contributed by atoms with E-state index in [1.54, 1.807) is 7.11 Å². The molecule has 0 saturated carbocycles. The van der Waals surface area contributed by atoms with E-state index in [1.807, 2.05) is 0 Å². The molecule has 0 spiro atoms. The van der Waals surface area contributed by atoms with Gasteiger partial charge in [0.25, 0.3) is 0 Å². The van der Waals surface area contributed by atoms with Crippen LogP contribution in [-0.4, -0.2) is 24.7 Å². The van der Waals surface area contributed by atoms with Gasteiger partial charge < -0.3 is 15.2 Å². The molecule has 0 radical (unpaired) electrons. The van der Waals surface area contributed by atoms with E-state index in [0.29, 0.717) is 23.7 Å². The Hall–Kier alpha value is -1.26. The van der Waals surface area contributed by atoms with Crippen LogP contribution in [0, 0.1) is 5.92 Å². The molecule has 21 heavy (non-hydrogen) atoms. The lowest BCUT2D eigenvalue weighted by atomic mass is 9.87. The maximum absolute atomic E-state index is 11.1. The molecule has 3 rings (SSSR count). The second-order valence-corrected chi connectivity index (χ2v) is 6.27. The Kier molecular flexibility index (Phi) is 4.09. The number of rotatable bonds is 3. The Morgan fingerprint density at radius 3 is 2.86 bits per heavy atom. The normalized spacial score (nSPS) is 24.7. The number of hydrogen-bond donors (Lipinski definition) is 2. The lowest BCUT2D eigenvalue weighted by molar-refractivity contribution is -0.141. The van der Waals surface area contributed by atoms with Gasteiger partial charge in [-0.1, -0.05) is 17.7 Å². The molecule has 2 atom stereocenters. The quantitative estimate of drug-likeness (QED) is 0.901. The molecule has 1 fully saturated rings. The number of halogens is 1. The maximum Gasteiger partial charge on any atom is 0.307 e. The van der Waals surface area contributed by atoms with Crippen molar-refractivity contribution in [1.82, 2.24) is 5.32 Å². The van der Waals surface area contributed by atoms with Crippen molar-refractivity contribution in [3.8, 4) is 5.75 Å². The van der Waals surface area contributed by atoms with Crippen molar-refractivity contribution in [2.45, 2.75) is 38.1 Å². The Labute approximate surface area is 129 Å². The molecule has 2 N–H and O–H groups in total. The number of nitrogens with one attached hydrogen (secondary N) is 1. The maximum atomic E-state index is 11.1. The number of benzene rings is 1. The van der Waals surface area contributed by atoms with Crippen LogP contribution < -0.4 is 10.1 Å². The van der Waals surface area contributed by atoms with E-state index in [9.17, 15) is 4.79 Å². The summed E-state index contributed by atoms with van der Waals surface area (Å²) in [6.07, 6.45) is 4.98. The lowest BCUT2D eigenvalue weighted by Gasteiger charge is -2.24. The Bertz CT molecular complexity index is 573. The summed E-state index contributed by atoms with van der Waals surface area (Å²) in [4.78, 5) is 11.1. The smallest absolute Gasteiger partial charge is 0.307 e. The highest BCUT2D eigenvalue weighted by Crippen LogP contribution is 2.42. The first-order chi connectivity index (χ1) is 10.1. The Balaban J connectivity index is 1.98. The van der Waals surface area contributed by atoms with Crippen molar-refractivity contribution >= 4 is 17.6 Å². The first-order valence-electron chi connectivity index (χ1n) is 7.46. The third-order valence-electron chi connectivity index (χ3n) is 4.63. The van der Waals surface area contributed by atoms with E-state index in [4.69, 9.17) is 21.4 Å². The lowest BCUT2D eigenvalue weighted by Crippen LogP contribution is -2.18. The van der Waals surface area contributed by atoms with Gasteiger partial charge in [-0.25, -0.2) is 0 Å². The summed E-state index contributed by atoms with van der Waals surface area (Å²) in [6.45, 7) is 0.498. The van der Waals surface area contributed by atoms with Crippen LogP contribution in [0.25, 0.3) is 0 Å². The van der Waals surface area contributed by atoms with Crippen LogP contribution in [0.1, 0.15) is 42.0 Å². The number of methoxy groups -OCH3 is 1. The van der Waals surface area contributed by atoms with Crippen LogP contribution in [0.3, 0.4) is 0 Å². The molecule has 0 bridgehead atoms. The summed E-state index contributed by atoms with van der Waals surface area (Å²) < 4.78 is 5.53.